The van der Waals surface area contributed by atoms with E-state index in [0.29, 0.717) is 23.0 Å². The average molecular weight is 267 g/mol. The Bertz CT molecular complexity index is 658. The van der Waals surface area contributed by atoms with Gasteiger partial charge in [0.1, 0.15) is 23.5 Å². The first-order chi connectivity index (χ1) is 9.52. The van der Waals surface area contributed by atoms with Crippen molar-refractivity contribution in [2.24, 2.45) is 0 Å². The van der Waals surface area contributed by atoms with Crippen LogP contribution in [0.1, 0.15) is 31.2 Å². The summed E-state index contributed by atoms with van der Waals surface area (Å²) >= 11 is 0. The van der Waals surface area contributed by atoms with Crippen molar-refractivity contribution in [1.29, 1.82) is 5.26 Å². The highest BCUT2D eigenvalue weighted by Gasteiger charge is 2.13. The molecule has 0 radical (unpaired) electrons. The zero-order valence-corrected chi connectivity index (χ0v) is 11.8. The van der Waals surface area contributed by atoms with E-state index in [1.54, 1.807) is 12.1 Å². The van der Waals surface area contributed by atoms with Gasteiger partial charge in [-0.05, 0) is 12.1 Å². The molecule has 0 saturated heterocycles. The number of nitrogens with zero attached hydrogens (tertiary/aromatic N) is 4. The van der Waals surface area contributed by atoms with E-state index in [0.717, 1.165) is 5.69 Å². The van der Waals surface area contributed by atoms with Gasteiger partial charge in [-0.3, -0.25) is 0 Å². The van der Waals surface area contributed by atoms with Crippen molar-refractivity contribution in [1.82, 2.24) is 9.97 Å². The van der Waals surface area contributed by atoms with Crippen LogP contribution in [0.2, 0.25) is 0 Å². The molecule has 0 aliphatic rings. The molecule has 20 heavy (non-hydrogen) atoms. The van der Waals surface area contributed by atoms with Crippen molar-refractivity contribution >= 4 is 17.3 Å². The molecule has 0 bridgehead atoms. The Hall–Kier alpha value is -2.61. The number of rotatable bonds is 3. The zero-order valence-electron chi connectivity index (χ0n) is 11.8. The summed E-state index contributed by atoms with van der Waals surface area (Å²) < 4.78 is 0. The van der Waals surface area contributed by atoms with Crippen LogP contribution in [0.15, 0.2) is 30.3 Å². The van der Waals surface area contributed by atoms with Crippen LogP contribution in [-0.2, 0) is 0 Å². The monoisotopic (exact) mass is 267 g/mol. The van der Waals surface area contributed by atoms with E-state index in [4.69, 9.17) is 5.73 Å². The van der Waals surface area contributed by atoms with Crippen LogP contribution in [0.3, 0.4) is 0 Å². The number of hydrogen-bond acceptors (Lipinski definition) is 5. The number of para-hydroxylation sites is 1. The third-order valence-electron chi connectivity index (χ3n) is 3.00. The van der Waals surface area contributed by atoms with Crippen LogP contribution in [0.25, 0.3) is 0 Å². The summed E-state index contributed by atoms with van der Waals surface area (Å²) in [6, 6.07) is 11.3. The predicted octanol–water partition coefficient (Wildman–Crippen LogP) is 2.82. The molecule has 0 fully saturated rings. The van der Waals surface area contributed by atoms with E-state index in [9.17, 15) is 5.26 Å². The average Bonchev–Trinajstić information content (AvgIpc) is 2.45. The molecule has 5 nitrogen and oxygen atoms in total. The van der Waals surface area contributed by atoms with Crippen LogP contribution in [0, 0.1) is 11.3 Å². The van der Waals surface area contributed by atoms with Crippen LogP contribution < -0.4 is 10.6 Å². The highest BCUT2D eigenvalue weighted by Crippen LogP contribution is 2.27. The van der Waals surface area contributed by atoms with Gasteiger partial charge < -0.3 is 10.6 Å². The normalized spacial score (nSPS) is 10.3. The standard InChI is InChI=1S/C15H17N5/c1-10(2)15-18-13(17)8-14(19-15)20(3)12-7-5-4-6-11(12)9-16/h4-8,10H,1-3H3,(H2,17,18,19). The lowest BCUT2D eigenvalue weighted by Gasteiger charge is -2.20. The summed E-state index contributed by atoms with van der Waals surface area (Å²) in [6.07, 6.45) is 0. The molecule has 0 unspecified atom stereocenters. The Kier molecular flexibility index (Phi) is 3.85. The number of nitriles is 1. The quantitative estimate of drug-likeness (QED) is 0.925. The van der Waals surface area contributed by atoms with E-state index in [1.165, 1.54) is 0 Å². The van der Waals surface area contributed by atoms with Gasteiger partial charge in [0.15, 0.2) is 0 Å². The van der Waals surface area contributed by atoms with Gasteiger partial charge in [-0.25, -0.2) is 9.97 Å². The topological polar surface area (TPSA) is 78.8 Å². The molecule has 102 valence electrons. The fourth-order valence-electron chi connectivity index (χ4n) is 1.89. The van der Waals surface area contributed by atoms with E-state index < -0.39 is 0 Å². The summed E-state index contributed by atoms with van der Waals surface area (Å²) in [6.45, 7) is 4.03. The number of aromatic nitrogens is 2. The van der Waals surface area contributed by atoms with Crippen LogP contribution in [0.5, 0.6) is 0 Å². The van der Waals surface area contributed by atoms with E-state index in [2.05, 4.69) is 16.0 Å². The lowest BCUT2D eigenvalue weighted by Crippen LogP contribution is -2.15. The summed E-state index contributed by atoms with van der Waals surface area (Å²) in [5.41, 5.74) is 7.23. The Morgan fingerprint density at radius 3 is 2.60 bits per heavy atom. The Balaban J connectivity index is 2.48. The summed E-state index contributed by atoms with van der Waals surface area (Å²) in [7, 11) is 1.86. The Morgan fingerprint density at radius 2 is 1.95 bits per heavy atom. The summed E-state index contributed by atoms with van der Waals surface area (Å²) in [5.74, 6) is 2.00. The molecule has 2 N–H and O–H groups in total. The number of nitrogen functional groups attached to an aromatic ring is 1. The molecule has 0 spiro atoms. The first-order valence-corrected chi connectivity index (χ1v) is 6.40. The van der Waals surface area contributed by atoms with Gasteiger partial charge >= 0.3 is 0 Å². The highest BCUT2D eigenvalue weighted by atomic mass is 15.2. The lowest BCUT2D eigenvalue weighted by molar-refractivity contribution is 0.775. The lowest BCUT2D eigenvalue weighted by atomic mass is 10.1. The Morgan fingerprint density at radius 1 is 1.25 bits per heavy atom. The van der Waals surface area contributed by atoms with Gasteiger partial charge in [0.25, 0.3) is 0 Å². The summed E-state index contributed by atoms with van der Waals surface area (Å²) in [5, 5.41) is 9.18. The molecular formula is C15H17N5. The molecular weight excluding hydrogens is 250 g/mol. The number of hydrogen-bond donors (Lipinski definition) is 1. The molecule has 5 heteroatoms. The van der Waals surface area contributed by atoms with Gasteiger partial charge in [-0.2, -0.15) is 5.26 Å². The zero-order chi connectivity index (χ0) is 14.7. The molecule has 0 saturated carbocycles. The molecule has 2 aromatic rings. The van der Waals surface area contributed by atoms with Crippen molar-refractivity contribution < 1.29 is 0 Å². The first kappa shape index (κ1) is 13.8. The highest BCUT2D eigenvalue weighted by molar-refractivity contribution is 5.67. The van der Waals surface area contributed by atoms with Crippen molar-refractivity contribution in [3.05, 3.63) is 41.7 Å². The van der Waals surface area contributed by atoms with E-state index >= 15 is 0 Å². The molecule has 2 rings (SSSR count). The minimum absolute atomic E-state index is 0.192. The predicted molar refractivity (Wildman–Crippen MR) is 79.8 cm³/mol. The second-order valence-electron chi connectivity index (χ2n) is 4.85. The fourth-order valence-corrected chi connectivity index (χ4v) is 1.89. The maximum absolute atomic E-state index is 9.18. The second kappa shape index (κ2) is 5.57. The van der Waals surface area contributed by atoms with Crippen molar-refractivity contribution in [2.75, 3.05) is 17.7 Å². The van der Waals surface area contributed by atoms with Crippen molar-refractivity contribution in [3.8, 4) is 6.07 Å². The maximum Gasteiger partial charge on any atom is 0.138 e. The fraction of sp³-hybridized carbons (Fsp3) is 0.267. The van der Waals surface area contributed by atoms with Crippen LogP contribution >= 0.6 is 0 Å². The molecule has 1 aromatic heterocycles. The van der Waals surface area contributed by atoms with Gasteiger partial charge in [0.05, 0.1) is 11.3 Å². The maximum atomic E-state index is 9.18. The van der Waals surface area contributed by atoms with Gasteiger partial charge in [0.2, 0.25) is 0 Å². The first-order valence-electron chi connectivity index (χ1n) is 6.40. The third kappa shape index (κ3) is 2.69. The third-order valence-corrected chi connectivity index (χ3v) is 3.00. The number of nitrogens with two attached hydrogens (primary N) is 1. The molecule has 0 amide bonds. The van der Waals surface area contributed by atoms with Gasteiger partial charge in [-0.15, -0.1) is 0 Å². The smallest absolute Gasteiger partial charge is 0.138 e. The molecule has 0 atom stereocenters. The molecule has 0 aliphatic carbocycles. The number of anilines is 3. The minimum atomic E-state index is 0.192. The van der Waals surface area contributed by atoms with Gasteiger partial charge in [0, 0.05) is 19.0 Å². The molecule has 1 aromatic carbocycles. The van der Waals surface area contributed by atoms with Crippen molar-refractivity contribution in [2.45, 2.75) is 19.8 Å². The Labute approximate surface area is 118 Å². The summed E-state index contributed by atoms with van der Waals surface area (Å²) in [4.78, 5) is 10.6. The van der Waals surface area contributed by atoms with E-state index in [-0.39, 0.29) is 5.92 Å². The molecule has 0 aliphatic heterocycles. The SMILES string of the molecule is CC(C)c1nc(N)cc(N(C)c2ccccc2C#N)n1. The van der Waals surface area contributed by atoms with E-state index in [1.807, 2.05) is 44.0 Å². The van der Waals surface area contributed by atoms with Gasteiger partial charge in [-0.1, -0.05) is 26.0 Å². The van der Waals surface area contributed by atoms with Crippen LogP contribution in [-0.4, -0.2) is 17.0 Å². The molecule has 1 heterocycles. The van der Waals surface area contributed by atoms with Crippen molar-refractivity contribution in [3.63, 3.8) is 0 Å². The largest absolute Gasteiger partial charge is 0.384 e. The minimum Gasteiger partial charge on any atom is -0.384 e. The second-order valence-corrected chi connectivity index (χ2v) is 4.85. The van der Waals surface area contributed by atoms with Crippen LogP contribution in [0.4, 0.5) is 17.3 Å². The number of benzene rings is 1.